The van der Waals surface area contributed by atoms with Crippen LogP contribution in [0, 0.1) is 17.2 Å². The van der Waals surface area contributed by atoms with E-state index in [1.54, 1.807) is 4.90 Å². The standard InChI is InChI=1S/C16H23N3O/c1-12(2)11-19(9-5-8-17)16(20)13(3)14-6-4-7-15(18)10-14/h4,6-7,10,12-13H,5,9,11,18H2,1-3H3. The van der Waals surface area contributed by atoms with Gasteiger partial charge in [0.2, 0.25) is 5.91 Å². The van der Waals surface area contributed by atoms with Gasteiger partial charge in [-0.25, -0.2) is 0 Å². The summed E-state index contributed by atoms with van der Waals surface area (Å²) < 4.78 is 0. The molecule has 1 rings (SSSR count). The maximum absolute atomic E-state index is 12.6. The molecule has 1 aromatic carbocycles. The van der Waals surface area contributed by atoms with Crippen molar-refractivity contribution in [3.63, 3.8) is 0 Å². The molecule has 0 spiro atoms. The average molecular weight is 273 g/mol. The van der Waals surface area contributed by atoms with E-state index in [2.05, 4.69) is 19.9 Å². The van der Waals surface area contributed by atoms with Gasteiger partial charge in [0.25, 0.3) is 0 Å². The minimum atomic E-state index is -0.240. The van der Waals surface area contributed by atoms with E-state index in [9.17, 15) is 4.79 Å². The summed E-state index contributed by atoms with van der Waals surface area (Å²) in [7, 11) is 0. The molecule has 0 aliphatic heterocycles. The van der Waals surface area contributed by atoms with Gasteiger partial charge in [0.1, 0.15) is 0 Å². The highest BCUT2D eigenvalue weighted by Crippen LogP contribution is 2.20. The Hall–Kier alpha value is -2.02. The first kappa shape index (κ1) is 16.0. The van der Waals surface area contributed by atoms with Crippen LogP contribution in [0.15, 0.2) is 24.3 Å². The second kappa shape index (κ2) is 7.54. The summed E-state index contributed by atoms with van der Waals surface area (Å²) >= 11 is 0. The van der Waals surface area contributed by atoms with E-state index in [1.807, 2.05) is 31.2 Å². The summed E-state index contributed by atoms with van der Waals surface area (Å²) in [5, 5.41) is 8.72. The Kier molecular flexibility index (Phi) is 6.05. The molecule has 4 heteroatoms. The van der Waals surface area contributed by atoms with Crippen molar-refractivity contribution in [1.82, 2.24) is 4.90 Å². The number of amides is 1. The van der Waals surface area contributed by atoms with Crippen molar-refractivity contribution in [1.29, 1.82) is 5.26 Å². The molecule has 2 N–H and O–H groups in total. The van der Waals surface area contributed by atoms with Crippen LogP contribution in [0.25, 0.3) is 0 Å². The summed E-state index contributed by atoms with van der Waals surface area (Å²) in [5.41, 5.74) is 7.34. The van der Waals surface area contributed by atoms with Crippen molar-refractivity contribution in [2.45, 2.75) is 33.1 Å². The number of nitriles is 1. The molecule has 1 unspecified atom stereocenters. The lowest BCUT2D eigenvalue weighted by Gasteiger charge is -2.27. The molecule has 0 bridgehead atoms. The molecule has 0 radical (unpaired) electrons. The molecule has 0 saturated carbocycles. The first-order chi connectivity index (χ1) is 9.45. The molecule has 1 aromatic rings. The van der Waals surface area contributed by atoms with Crippen LogP contribution in [0.1, 0.15) is 38.7 Å². The van der Waals surface area contributed by atoms with Crippen LogP contribution in [0.4, 0.5) is 5.69 Å². The molecule has 0 fully saturated rings. The van der Waals surface area contributed by atoms with Crippen LogP contribution in [0.3, 0.4) is 0 Å². The maximum Gasteiger partial charge on any atom is 0.229 e. The number of anilines is 1. The van der Waals surface area contributed by atoms with Crippen molar-refractivity contribution in [2.75, 3.05) is 18.8 Å². The molecule has 1 atom stereocenters. The fourth-order valence-electron chi connectivity index (χ4n) is 2.16. The second-order valence-corrected chi connectivity index (χ2v) is 5.48. The third kappa shape index (κ3) is 4.58. The zero-order valence-electron chi connectivity index (χ0n) is 12.5. The number of hydrogen-bond donors (Lipinski definition) is 1. The molecule has 0 aromatic heterocycles. The van der Waals surface area contributed by atoms with E-state index in [1.165, 1.54) is 0 Å². The lowest BCUT2D eigenvalue weighted by Crippen LogP contribution is -2.37. The van der Waals surface area contributed by atoms with Gasteiger partial charge in [0.15, 0.2) is 0 Å². The van der Waals surface area contributed by atoms with Gasteiger partial charge in [-0.15, -0.1) is 0 Å². The molecule has 0 heterocycles. The highest BCUT2D eigenvalue weighted by molar-refractivity contribution is 5.83. The van der Waals surface area contributed by atoms with Gasteiger partial charge in [-0.2, -0.15) is 5.26 Å². The van der Waals surface area contributed by atoms with Gasteiger partial charge >= 0.3 is 0 Å². The highest BCUT2D eigenvalue weighted by atomic mass is 16.2. The van der Waals surface area contributed by atoms with Gasteiger partial charge < -0.3 is 10.6 Å². The summed E-state index contributed by atoms with van der Waals surface area (Å²) in [5.74, 6) is 0.196. The van der Waals surface area contributed by atoms with Crippen LogP contribution < -0.4 is 5.73 Å². The molecule has 0 aliphatic carbocycles. The van der Waals surface area contributed by atoms with Gasteiger partial charge in [-0.3, -0.25) is 4.79 Å². The summed E-state index contributed by atoms with van der Waals surface area (Å²) in [6, 6.07) is 9.51. The molecule has 108 valence electrons. The topological polar surface area (TPSA) is 70.1 Å². The third-order valence-corrected chi connectivity index (χ3v) is 3.17. The number of rotatable bonds is 6. The lowest BCUT2D eigenvalue weighted by molar-refractivity contribution is -0.132. The number of hydrogen-bond acceptors (Lipinski definition) is 3. The van der Waals surface area contributed by atoms with Gasteiger partial charge in [0, 0.05) is 18.8 Å². The summed E-state index contributed by atoms with van der Waals surface area (Å²) in [4.78, 5) is 14.4. The van der Waals surface area contributed by atoms with Gasteiger partial charge in [0.05, 0.1) is 18.4 Å². The number of nitrogen functional groups attached to an aromatic ring is 1. The molecular formula is C16H23N3O. The number of nitrogens with two attached hydrogens (primary N) is 1. The van der Waals surface area contributed by atoms with Crippen molar-refractivity contribution in [3.05, 3.63) is 29.8 Å². The minimum Gasteiger partial charge on any atom is -0.399 e. The third-order valence-electron chi connectivity index (χ3n) is 3.17. The van der Waals surface area contributed by atoms with Crippen molar-refractivity contribution in [3.8, 4) is 6.07 Å². The van der Waals surface area contributed by atoms with E-state index < -0.39 is 0 Å². The Morgan fingerprint density at radius 3 is 2.65 bits per heavy atom. The van der Waals surface area contributed by atoms with Crippen LogP contribution in [-0.4, -0.2) is 23.9 Å². The quantitative estimate of drug-likeness (QED) is 0.810. The Morgan fingerprint density at radius 1 is 1.40 bits per heavy atom. The largest absolute Gasteiger partial charge is 0.399 e. The first-order valence-electron chi connectivity index (χ1n) is 6.97. The van der Waals surface area contributed by atoms with Crippen molar-refractivity contribution in [2.24, 2.45) is 5.92 Å². The maximum atomic E-state index is 12.6. The van der Waals surface area contributed by atoms with E-state index >= 15 is 0 Å². The van der Waals surface area contributed by atoms with Crippen LogP contribution in [0.5, 0.6) is 0 Å². The minimum absolute atomic E-state index is 0.0551. The van der Waals surface area contributed by atoms with Gasteiger partial charge in [-0.05, 0) is 30.5 Å². The lowest BCUT2D eigenvalue weighted by atomic mass is 9.98. The van der Waals surface area contributed by atoms with E-state index in [0.29, 0.717) is 31.1 Å². The monoisotopic (exact) mass is 273 g/mol. The number of carbonyl (C=O) groups is 1. The van der Waals surface area contributed by atoms with Crippen molar-refractivity contribution < 1.29 is 4.79 Å². The summed E-state index contributed by atoms with van der Waals surface area (Å²) in [6.07, 6.45) is 0.363. The molecule has 20 heavy (non-hydrogen) atoms. The van der Waals surface area contributed by atoms with E-state index in [4.69, 9.17) is 11.0 Å². The summed E-state index contributed by atoms with van der Waals surface area (Å²) in [6.45, 7) is 7.18. The Balaban J connectivity index is 2.85. The molecule has 0 aliphatic rings. The zero-order chi connectivity index (χ0) is 15.1. The molecule has 1 amide bonds. The van der Waals surface area contributed by atoms with E-state index in [-0.39, 0.29) is 11.8 Å². The van der Waals surface area contributed by atoms with Crippen molar-refractivity contribution >= 4 is 11.6 Å². The average Bonchev–Trinajstić information content (AvgIpc) is 2.41. The predicted octanol–water partition coefficient (Wildman–Crippen LogP) is 2.77. The molecule has 0 saturated heterocycles. The number of nitrogens with zero attached hydrogens (tertiary/aromatic N) is 2. The number of benzene rings is 1. The van der Waals surface area contributed by atoms with E-state index in [0.717, 1.165) is 5.56 Å². The number of carbonyl (C=O) groups excluding carboxylic acids is 1. The Morgan fingerprint density at radius 2 is 2.10 bits per heavy atom. The van der Waals surface area contributed by atoms with Gasteiger partial charge in [-0.1, -0.05) is 26.0 Å². The smallest absolute Gasteiger partial charge is 0.229 e. The fourth-order valence-corrected chi connectivity index (χ4v) is 2.16. The zero-order valence-corrected chi connectivity index (χ0v) is 12.5. The second-order valence-electron chi connectivity index (χ2n) is 5.48. The Labute approximate surface area is 121 Å². The highest BCUT2D eigenvalue weighted by Gasteiger charge is 2.22. The first-order valence-corrected chi connectivity index (χ1v) is 6.97. The fraction of sp³-hybridized carbons (Fsp3) is 0.500. The predicted molar refractivity (Wildman–Crippen MR) is 80.9 cm³/mol. The van der Waals surface area contributed by atoms with Crippen LogP contribution in [-0.2, 0) is 4.79 Å². The Bertz CT molecular complexity index is 491. The molecular weight excluding hydrogens is 250 g/mol. The molecule has 4 nitrogen and oxygen atoms in total. The SMILES string of the molecule is CC(C)CN(CCC#N)C(=O)C(C)c1cccc(N)c1. The van der Waals surface area contributed by atoms with Crippen LogP contribution in [0.2, 0.25) is 0 Å². The van der Waals surface area contributed by atoms with Crippen LogP contribution >= 0.6 is 0 Å². The normalized spacial score (nSPS) is 11.9.